The van der Waals surface area contributed by atoms with Crippen LogP contribution in [0, 0.1) is 11.3 Å². The summed E-state index contributed by atoms with van der Waals surface area (Å²) in [5.41, 5.74) is 1.10. The fraction of sp³-hybridized carbons (Fsp3) is 0.105. The zero-order chi connectivity index (χ0) is 19.1. The van der Waals surface area contributed by atoms with Crippen molar-refractivity contribution in [1.82, 2.24) is 9.55 Å². The quantitative estimate of drug-likeness (QED) is 0.595. The third-order valence-electron chi connectivity index (χ3n) is 4.36. The first-order valence-corrected chi connectivity index (χ1v) is 9.16. The van der Waals surface area contributed by atoms with Gasteiger partial charge in [-0.1, -0.05) is 40.9 Å². The van der Waals surface area contributed by atoms with Crippen molar-refractivity contribution in [1.29, 1.82) is 5.26 Å². The van der Waals surface area contributed by atoms with Crippen LogP contribution in [0.3, 0.4) is 0 Å². The summed E-state index contributed by atoms with van der Waals surface area (Å²) in [5, 5.41) is 10.9. The highest BCUT2D eigenvalue weighted by Crippen LogP contribution is 2.34. The summed E-state index contributed by atoms with van der Waals surface area (Å²) in [5.74, 6) is 0.447. The number of nitriles is 1. The molecule has 4 rings (SSSR count). The van der Waals surface area contributed by atoms with E-state index in [9.17, 15) is 10.1 Å². The van der Waals surface area contributed by atoms with Crippen LogP contribution in [0.1, 0.15) is 5.56 Å². The molecule has 1 aliphatic heterocycles. The summed E-state index contributed by atoms with van der Waals surface area (Å²) < 4.78 is 1.49. The molecule has 0 saturated heterocycles. The molecule has 0 fully saturated rings. The molecule has 1 aliphatic rings. The Morgan fingerprint density at radius 1 is 1.04 bits per heavy atom. The highest BCUT2D eigenvalue weighted by molar-refractivity contribution is 6.36. The molecule has 0 aliphatic carbocycles. The van der Waals surface area contributed by atoms with E-state index in [4.69, 9.17) is 34.8 Å². The number of rotatable bonds is 2. The van der Waals surface area contributed by atoms with E-state index in [1.807, 2.05) is 23.1 Å². The highest BCUT2D eigenvalue weighted by atomic mass is 35.5. The third-order valence-corrected chi connectivity index (χ3v) is 5.14. The van der Waals surface area contributed by atoms with Crippen LogP contribution in [-0.2, 0) is 6.54 Å². The minimum atomic E-state index is -0.395. The molecule has 0 bridgehead atoms. The molecule has 5 nitrogen and oxygen atoms in total. The summed E-state index contributed by atoms with van der Waals surface area (Å²) in [7, 11) is 0. The van der Waals surface area contributed by atoms with Gasteiger partial charge in [-0.05, 0) is 36.4 Å². The molecule has 2 heterocycles. The molecule has 0 saturated carbocycles. The topological polar surface area (TPSA) is 61.9 Å². The van der Waals surface area contributed by atoms with Gasteiger partial charge < -0.3 is 4.90 Å². The van der Waals surface area contributed by atoms with E-state index in [1.54, 1.807) is 30.3 Å². The molecule has 3 aromatic rings. The van der Waals surface area contributed by atoms with Gasteiger partial charge in [-0.2, -0.15) is 5.26 Å². The number of benzene rings is 2. The largest absolute Gasteiger partial charge is 0.310 e. The number of fused-ring (bicyclic) bond motifs is 1. The SMILES string of the molecule is N#Cc1c(-c2ccc(Cl)cc2Cl)nc2n(c1=O)CCN2c1cccc(Cl)c1. The molecular weight excluding hydrogens is 407 g/mol. The van der Waals surface area contributed by atoms with Crippen LogP contribution in [0.15, 0.2) is 47.3 Å². The Morgan fingerprint density at radius 3 is 2.52 bits per heavy atom. The summed E-state index contributed by atoms with van der Waals surface area (Å²) in [6.07, 6.45) is 0. The fourth-order valence-corrected chi connectivity index (χ4v) is 3.80. The van der Waals surface area contributed by atoms with Crippen LogP contribution in [-0.4, -0.2) is 16.1 Å². The minimum Gasteiger partial charge on any atom is -0.310 e. The van der Waals surface area contributed by atoms with Gasteiger partial charge in [-0.3, -0.25) is 9.36 Å². The van der Waals surface area contributed by atoms with Crippen molar-refractivity contribution in [3.8, 4) is 17.3 Å². The Morgan fingerprint density at radius 2 is 1.81 bits per heavy atom. The lowest BCUT2D eigenvalue weighted by atomic mass is 10.1. The maximum Gasteiger partial charge on any atom is 0.273 e. The second kappa shape index (κ2) is 6.90. The van der Waals surface area contributed by atoms with Gasteiger partial charge in [-0.15, -0.1) is 0 Å². The van der Waals surface area contributed by atoms with Gasteiger partial charge in [-0.25, -0.2) is 4.98 Å². The third kappa shape index (κ3) is 3.06. The van der Waals surface area contributed by atoms with Gasteiger partial charge in [0.1, 0.15) is 11.6 Å². The van der Waals surface area contributed by atoms with Gasteiger partial charge in [0.2, 0.25) is 5.95 Å². The fourth-order valence-electron chi connectivity index (χ4n) is 3.12. The van der Waals surface area contributed by atoms with Gasteiger partial charge in [0.05, 0.1) is 10.7 Å². The molecule has 0 spiro atoms. The van der Waals surface area contributed by atoms with Crippen molar-refractivity contribution >= 4 is 46.4 Å². The Hall–Kier alpha value is -2.52. The van der Waals surface area contributed by atoms with Crippen molar-refractivity contribution < 1.29 is 0 Å². The number of anilines is 2. The van der Waals surface area contributed by atoms with Crippen LogP contribution in [0.2, 0.25) is 15.1 Å². The lowest BCUT2D eigenvalue weighted by molar-refractivity contribution is 0.756. The van der Waals surface area contributed by atoms with Crippen LogP contribution in [0.5, 0.6) is 0 Å². The average molecular weight is 418 g/mol. The number of halogens is 3. The lowest BCUT2D eigenvalue weighted by Gasteiger charge is -2.18. The molecule has 0 radical (unpaired) electrons. The minimum absolute atomic E-state index is 0.0454. The first kappa shape index (κ1) is 17.9. The molecule has 27 heavy (non-hydrogen) atoms. The van der Waals surface area contributed by atoms with Crippen molar-refractivity contribution in [3.63, 3.8) is 0 Å². The molecule has 1 aromatic heterocycles. The second-order valence-electron chi connectivity index (χ2n) is 5.96. The first-order chi connectivity index (χ1) is 13.0. The van der Waals surface area contributed by atoms with E-state index in [2.05, 4.69) is 4.98 Å². The van der Waals surface area contributed by atoms with Gasteiger partial charge in [0.15, 0.2) is 0 Å². The van der Waals surface area contributed by atoms with Crippen LogP contribution >= 0.6 is 34.8 Å². The maximum absolute atomic E-state index is 12.9. The predicted molar refractivity (Wildman–Crippen MR) is 107 cm³/mol. The maximum atomic E-state index is 12.9. The summed E-state index contributed by atoms with van der Waals surface area (Å²) in [6, 6.07) is 14.1. The van der Waals surface area contributed by atoms with E-state index in [0.29, 0.717) is 39.7 Å². The molecule has 8 heteroatoms. The molecule has 0 N–H and O–H groups in total. The lowest BCUT2D eigenvalue weighted by Crippen LogP contribution is -2.24. The Balaban J connectivity index is 1.95. The molecular formula is C19H11Cl3N4O. The first-order valence-electron chi connectivity index (χ1n) is 8.03. The monoisotopic (exact) mass is 416 g/mol. The van der Waals surface area contributed by atoms with E-state index >= 15 is 0 Å². The van der Waals surface area contributed by atoms with Crippen molar-refractivity contribution in [3.05, 3.63) is 73.4 Å². The summed E-state index contributed by atoms with van der Waals surface area (Å²) in [6.45, 7) is 0.974. The van der Waals surface area contributed by atoms with E-state index in [0.717, 1.165) is 5.69 Å². The smallest absolute Gasteiger partial charge is 0.273 e. The Kier molecular flexibility index (Phi) is 4.56. The van der Waals surface area contributed by atoms with Crippen LogP contribution in [0.4, 0.5) is 11.6 Å². The Bertz CT molecular complexity index is 1170. The molecule has 0 atom stereocenters. The molecule has 134 valence electrons. The number of aromatic nitrogens is 2. The van der Waals surface area contributed by atoms with Gasteiger partial charge >= 0.3 is 0 Å². The second-order valence-corrected chi connectivity index (χ2v) is 7.24. The zero-order valence-corrected chi connectivity index (χ0v) is 16.1. The number of hydrogen-bond donors (Lipinski definition) is 0. The normalized spacial score (nSPS) is 12.7. The zero-order valence-electron chi connectivity index (χ0n) is 13.8. The summed E-state index contributed by atoms with van der Waals surface area (Å²) in [4.78, 5) is 19.4. The number of hydrogen-bond acceptors (Lipinski definition) is 4. The van der Waals surface area contributed by atoms with Crippen molar-refractivity contribution in [2.75, 3.05) is 11.4 Å². The van der Waals surface area contributed by atoms with Crippen LogP contribution < -0.4 is 10.5 Å². The molecule has 0 unspecified atom stereocenters. The standard InChI is InChI=1S/C19H11Cl3N4O/c20-11-2-1-3-13(8-11)25-6-7-26-18(27)15(10-23)17(24-19(25)26)14-5-4-12(21)9-16(14)22/h1-5,8-9H,6-7H2. The van der Waals surface area contributed by atoms with E-state index < -0.39 is 5.56 Å². The van der Waals surface area contributed by atoms with Crippen molar-refractivity contribution in [2.24, 2.45) is 0 Å². The van der Waals surface area contributed by atoms with E-state index in [-0.39, 0.29) is 11.3 Å². The predicted octanol–water partition coefficient (Wildman–Crippen LogP) is 4.89. The van der Waals surface area contributed by atoms with Crippen molar-refractivity contribution in [2.45, 2.75) is 6.54 Å². The van der Waals surface area contributed by atoms with Gasteiger partial charge in [0.25, 0.3) is 5.56 Å². The average Bonchev–Trinajstić information content (AvgIpc) is 3.06. The molecule has 2 aromatic carbocycles. The van der Waals surface area contributed by atoms with Gasteiger partial charge in [0, 0.05) is 34.4 Å². The number of nitrogens with zero attached hydrogens (tertiary/aromatic N) is 4. The Labute approximate surface area is 170 Å². The van der Waals surface area contributed by atoms with Crippen LogP contribution in [0.25, 0.3) is 11.3 Å². The summed E-state index contributed by atoms with van der Waals surface area (Å²) >= 11 is 18.4. The van der Waals surface area contributed by atoms with E-state index in [1.165, 1.54) is 4.57 Å². The highest BCUT2D eigenvalue weighted by Gasteiger charge is 2.28. The molecule has 0 amide bonds.